The second-order valence-corrected chi connectivity index (χ2v) is 5.47. The average Bonchev–Trinajstić information content (AvgIpc) is 2.64. The van der Waals surface area contributed by atoms with Crippen molar-refractivity contribution in [1.82, 2.24) is 10.2 Å². The van der Waals surface area contributed by atoms with Crippen molar-refractivity contribution in [3.63, 3.8) is 0 Å². The number of nitrogens with one attached hydrogen (secondary N) is 1. The second kappa shape index (κ2) is 5.53. The smallest absolute Gasteiger partial charge is 0.407 e. The molecule has 1 atom stereocenters. The minimum atomic E-state index is -0.416. The van der Waals surface area contributed by atoms with Crippen LogP contribution in [0, 0.1) is 0 Å². The first-order valence-electron chi connectivity index (χ1n) is 6.09. The van der Waals surface area contributed by atoms with Gasteiger partial charge in [0.05, 0.1) is 0 Å². The molecule has 4 heteroatoms. The summed E-state index contributed by atoms with van der Waals surface area (Å²) >= 11 is 0. The lowest BCUT2D eigenvalue weighted by molar-refractivity contribution is 0.0513. The molecule has 1 amide bonds. The van der Waals surface area contributed by atoms with Crippen LogP contribution >= 0.6 is 0 Å². The standard InChI is InChI=1S/C12H24N2O2/c1-10(14-7-5-6-8-14)9-13-11(15)16-12(2,3)4/h10H,5-9H2,1-4H3,(H,13,15)/t10-/m1/s1. The van der Waals surface area contributed by atoms with Gasteiger partial charge in [0.2, 0.25) is 0 Å². The molecule has 1 rings (SSSR count). The molecule has 0 aromatic rings. The molecule has 0 unspecified atom stereocenters. The summed E-state index contributed by atoms with van der Waals surface area (Å²) in [5.41, 5.74) is -0.416. The quantitative estimate of drug-likeness (QED) is 0.803. The summed E-state index contributed by atoms with van der Waals surface area (Å²) in [4.78, 5) is 13.8. The third-order valence-corrected chi connectivity index (χ3v) is 2.70. The number of carbonyl (C=O) groups excluding carboxylic acids is 1. The monoisotopic (exact) mass is 228 g/mol. The maximum Gasteiger partial charge on any atom is 0.407 e. The Morgan fingerprint density at radius 3 is 2.44 bits per heavy atom. The minimum absolute atomic E-state index is 0.321. The third kappa shape index (κ3) is 4.84. The molecule has 1 heterocycles. The zero-order valence-corrected chi connectivity index (χ0v) is 10.9. The van der Waals surface area contributed by atoms with Crippen LogP contribution in [-0.4, -0.2) is 42.3 Å². The number of rotatable bonds is 3. The summed E-state index contributed by atoms with van der Waals surface area (Å²) < 4.78 is 5.18. The fourth-order valence-corrected chi connectivity index (χ4v) is 1.86. The zero-order chi connectivity index (χ0) is 12.2. The molecule has 0 spiro atoms. The maximum atomic E-state index is 11.4. The predicted octanol–water partition coefficient (Wildman–Crippen LogP) is 2.00. The molecule has 0 aliphatic carbocycles. The van der Waals surface area contributed by atoms with E-state index in [9.17, 15) is 4.79 Å². The Balaban J connectivity index is 2.20. The molecule has 1 aliphatic heterocycles. The number of hydrogen-bond donors (Lipinski definition) is 1. The molecule has 0 radical (unpaired) electrons. The molecule has 0 aromatic carbocycles. The van der Waals surface area contributed by atoms with Crippen LogP contribution in [-0.2, 0) is 4.74 Å². The molecule has 1 aliphatic rings. The van der Waals surface area contributed by atoms with Gasteiger partial charge < -0.3 is 10.1 Å². The van der Waals surface area contributed by atoms with Crippen LogP contribution in [0.2, 0.25) is 0 Å². The van der Waals surface area contributed by atoms with Crippen LogP contribution in [0.15, 0.2) is 0 Å². The Morgan fingerprint density at radius 2 is 1.94 bits per heavy atom. The summed E-state index contributed by atoms with van der Waals surface area (Å²) in [7, 11) is 0. The highest BCUT2D eigenvalue weighted by atomic mass is 16.6. The highest BCUT2D eigenvalue weighted by molar-refractivity contribution is 5.67. The van der Waals surface area contributed by atoms with Gasteiger partial charge in [0.15, 0.2) is 0 Å². The van der Waals surface area contributed by atoms with Crippen LogP contribution < -0.4 is 5.32 Å². The van der Waals surface area contributed by atoms with E-state index in [2.05, 4.69) is 17.1 Å². The van der Waals surface area contributed by atoms with Crippen molar-refractivity contribution >= 4 is 6.09 Å². The highest BCUT2D eigenvalue weighted by Gasteiger charge is 2.20. The van der Waals surface area contributed by atoms with Gasteiger partial charge in [-0.25, -0.2) is 4.79 Å². The maximum absolute atomic E-state index is 11.4. The highest BCUT2D eigenvalue weighted by Crippen LogP contribution is 2.11. The number of amides is 1. The number of ether oxygens (including phenoxy) is 1. The largest absolute Gasteiger partial charge is 0.444 e. The summed E-state index contributed by atoms with van der Waals surface area (Å²) in [6, 6.07) is 0.398. The molecule has 4 nitrogen and oxygen atoms in total. The summed E-state index contributed by atoms with van der Waals surface area (Å²) in [5, 5.41) is 2.81. The zero-order valence-electron chi connectivity index (χ0n) is 10.9. The van der Waals surface area contributed by atoms with E-state index in [1.54, 1.807) is 0 Å². The van der Waals surface area contributed by atoms with Crippen LogP contribution in [0.4, 0.5) is 4.79 Å². The van der Waals surface area contributed by atoms with E-state index in [0.717, 1.165) is 13.1 Å². The van der Waals surface area contributed by atoms with Crippen LogP contribution in [0.25, 0.3) is 0 Å². The third-order valence-electron chi connectivity index (χ3n) is 2.70. The van der Waals surface area contributed by atoms with Crippen molar-refractivity contribution in [2.75, 3.05) is 19.6 Å². The van der Waals surface area contributed by atoms with Gasteiger partial charge >= 0.3 is 6.09 Å². The normalized spacial score (nSPS) is 19.5. The van der Waals surface area contributed by atoms with Crippen molar-refractivity contribution < 1.29 is 9.53 Å². The Bertz CT molecular complexity index is 230. The Morgan fingerprint density at radius 1 is 1.38 bits per heavy atom. The van der Waals surface area contributed by atoms with Crippen molar-refractivity contribution in [2.24, 2.45) is 0 Å². The SMILES string of the molecule is C[C@H](CNC(=O)OC(C)(C)C)N1CCCC1. The van der Waals surface area contributed by atoms with E-state index in [1.165, 1.54) is 12.8 Å². The van der Waals surface area contributed by atoms with E-state index in [4.69, 9.17) is 4.74 Å². The second-order valence-electron chi connectivity index (χ2n) is 5.47. The molecular formula is C12H24N2O2. The predicted molar refractivity (Wildman–Crippen MR) is 64.5 cm³/mol. The van der Waals surface area contributed by atoms with E-state index in [1.807, 2.05) is 20.8 Å². The number of nitrogens with zero attached hydrogens (tertiary/aromatic N) is 1. The Kier molecular flexibility index (Phi) is 4.59. The molecule has 1 N–H and O–H groups in total. The minimum Gasteiger partial charge on any atom is -0.444 e. The first kappa shape index (κ1) is 13.3. The van der Waals surface area contributed by atoms with Crippen molar-refractivity contribution in [3.8, 4) is 0 Å². The number of carbonyl (C=O) groups is 1. The van der Waals surface area contributed by atoms with Crippen molar-refractivity contribution in [1.29, 1.82) is 0 Å². The lowest BCUT2D eigenvalue weighted by Gasteiger charge is -2.25. The van der Waals surface area contributed by atoms with Gasteiger partial charge in [0, 0.05) is 12.6 Å². The lowest BCUT2D eigenvalue weighted by Crippen LogP contribution is -2.42. The van der Waals surface area contributed by atoms with E-state index in [0.29, 0.717) is 12.6 Å². The molecule has 1 saturated heterocycles. The van der Waals surface area contributed by atoms with Crippen LogP contribution in [0.1, 0.15) is 40.5 Å². The fraction of sp³-hybridized carbons (Fsp3) is 0.917. The molecule has 0 bridgehead atoms. The van der Waals surface area contributed by atoms with Crippen molar-refractivity contribution in [3.05, 3.63) is 0 Å². The van der Waals surface area contributed by atoms with Gasteiger partial charge in [-0.05, 0) is 53.6 Å². The summed E-state index contributed by atoms with van der Waals surface area (Å²) in [6.07, 6.45) is 2.23. The molecule has 94 valence electrons. The Hall–Kier alpha value is -0.770. The van der Waals surface area contributed by atoms with Crippen LogP contribution in [0.5, 0.6) is 0 Å². The van der Waals surface area contributed by atoms with Gasteiger partial charge in [0.25, 0.3) is 0 Å². The van der Waals surface area contributed by atoms with Crippen molar-refractivity contribution in [2.45, 2.75) is 52.2 Å². The van der Waals surface area contributed by atoms with Gasteiger partial charge in [-0.1, -0.05) is 0 Å². The van der Waals surface area contributed by atoms with Gasteiger partial charge in [-0.15, -0.1) is 0 Å². The van der Waals surface area contributed by atoms with E-state index in [-0.39, 0.29) is 6.09 Å². The first-order valence-corrected chi connectivity index (χ1v) is 6.09. The fourth-order valence-electron chi connectivity index (χ4n) is 1.86. The van der Waals surface area contributed by atoms with Gasteiger partial charge in [-0.2, -0.15) is 0 Å². The van der Waals surface area contributed by atoms with E-state index >= 15 is 0 Å². The summed E-state index contributed by atoms with van der Waals surface area (Å²) in [6.45, 7) is 10.7. The number of likely N-dealkylation sites (tertiary alicyclic amines) is 1. The average molecular weight is 228 g/mol. The van der Waals surface area contributed by atoms with Gasteiger partial charge in [0.1, 0.15) is 5.60 Å². The van der Waals surface area contributed by atoms with Gasteiger partial charge in [-0.3, -0.25) is 4.90 Å². The molecular weight excluding hydrogens is 204 g/mol. The molecule has 0 saturated carbocycles. The summed E-state index contributed by atoms with van der Waals surface area (Å²) in [5.74, 6) is 0. The number of hydrogen-bond acceptors (Lipinski definition) is 3. The molecule has 16 heavy (non-hydrogen) atoms. The first-order chi connectivity index (χ1) is 7.38. The van der Waals surface area contributed by atoms with E-state index < -0.39 is 5.60 Å². The molecule has 1 fully saturated rings. The topological polar surface area (TPSA) is 41.6 Å². The van der Waals surface area contributed by atoms with Crippen LogP contribution in [0.3, 0.4) is 0 Å². The molecule has 0 aromatic heterocycles. The number of alkyl carbamates (subject to hydrolysis) is 1. The lowest BCUT2D eigenvalue weighted by atomic mass is 10.2. The Labute approximate surface area is 98.3 Å².